The first-order valence-electron chi connectivity index (χ1n) is 8.10. The molecule has 24 heavy (non-hydrogen) atoms. The molecule has 0 saturated heterocycles. The van der Waals surface area contributed by atoms with Crippen LogP contribution in [0.25, 0.3) is 10.9 Å². The van der Waals surface area contributed by atoms with Gasteiger partial charge in [-0.05, 0) is 30.3 Å². The minimum atomic E-state index is 0.0499. The number of aromatic nitrogens is 3. The fraction of sp³-hybridized carbons (Fsp3) is 0.333. The van der Waals surface area contributed by atoms with Gasteiger partial charge in [-0.2, -0.15) is 5.10 Å². The summed E-state index contributed by atoms with van der Waals surface area (Å²) in [6, 6.07) is 9.75. The maximum Gasteiger partial charge on any atom is 0.254 e. The van der Waals surface area contributed by atoms with Crippen molar-refractivity contribution in [1.82, 2.24) is 19.7 Å². The van der Waals surface area contributed by atoms with Crippen LogP contribution in [0.4, 0.5) is 0 Å². The van der Waals surface area contributed by atoms with Crippen LogP contribution < -0.4 is 0 Å². The number of benzene rings is 1. The van der Waals surface area contributed by atoms with Crippen LogP contribution in [-0.2, 0) is 17.8 Å². The molecule has 1 aliphatic rings. The Morgan fingerprint density at radius 1 is 1.33 bits per heavy atom. The van der Waals surface area contributed by atoms with Gasteiger partial charge in [0.1, 0.15) is 0 Å². The number of ether oxygens (including phenoxy) is 1. The van der Waals surface area contributed by atoms with E-state index in [0.29, 0.717) is 25.3 Å². The van der Waals surface area contributed by atoms with Crippen LogP contribution in [0.15, 0.2) is 42.7 Å². The number of carbonyl (C=O) groups is 1. The summed E-state index contributed by atoms with van der Waals surface area (Å²) in [6.07, 6.45) is 3.68. The molecule has 0 aliphatic carbocycles. The number of methoxy groups -OCH3 is 1. The third kappa shape index (κ3) is 2.69. The van der Waals surface area contributed by atoms with Crippen molar-refractivity contribution >= 4 is 16.8 Å². The van der Waals surface area contributed by atoms with E-state index in [0.717, 1.165) is 23.1 Å². The molecule has 3 aromatic rings. The second kappa shape index (κ2) is 6.13. The lowest BCUT2D eigenvalue weighted by Gasteiger charge is -2.24. The minimum Gasteiger partial charge on any atom is -0.384 e. The zero-order valence-electron chi connectivity index (χ0n) is 13.6. The third-order valence-corrected chi connectivity index (χ3v) is 4.56. The Morgan fingerprint density at radius 3 is 3.12 bits per heavy atom. The Balaban J connectivity index is 1.64. The van der Waals surface area contributed by atoms with E-state index < -0.39 is 0 Å². The standard InChI is InChI=1S/C18H20N4O2/c1-24-12-13-9-21(11-16-5-7-20-22(16)10-13)18(23)15-2-3-17-14(8-15)4-6-19-17/h2-8,13,19H,9-12H2,1H3. The van der Waals surface area contributed by atoms with E-state index in [-0.39, 0.29) is 11.8 Å². The van der Waals surface area contributed by atoms with Crippen LogP contribution in [0, 0.1) is 5.92 Å². The summed E-state index contributed by atoms with van der Waals surface area (Å²) in [5.41, 5.74) is 2.81. The molecule has 0 fully saturated rings. The summed E-state index contributed by atoms with van der Waals surface area (Å²) in [4.78, 5) is 18.1. The number of rotatable bonds is 3. The molecule has 0 radical (unpaired) electrons. The van der Waals surface area contributed by atoms with E-state index in [2.05, 4.69) is 10.1 Å². The molecule has 1 N–H and O–H groups in total. The van der Waals surface area contributed by atoms with Gasteiger partial charge in [0.05, 0.1) is 18.8 Å². The van der Waals surface area contributed by atoms with Gasteiger partial charge in [-0.25, -0.2) is 0 Å². The quantitative estimate of drug-likeness (QED) is 0.804. The number of nitrogens with zero attached hydrogens (tertiary/aromatic N) is 3. The lowest BCUT2D eigenvalue weighted by molar-refractivity contribution is 0.0666. The molecule has 3 heterocycles. The van der Waals surface area contributed by atoms with E-state index in [1.165, 1.54) is 0 Å². The first-order chi connectivity index (χ1) is 11.7. The van der Waals surface area contributed by atoms with Gasteiger partial charge in [-0.15, -0.1) is 0 Å². The highest BCUT2D eigenvalue weighted by atomic mass is 16.5. The molecule has 0 saturated carbocycles. The van der Waals surface area contributed by atoms with Crippen LogP contribution >= 0.6 is 0 Å². The Hall–Kier alpha value is -2.60. The van der Waals surface area contributed by atoms with E-state index >= 15 is 0 Å². The number of nitrogens with one attached hydrogen (secondary N) is 1. The number of H-pyrrole nitrogens is 1. The molecule has 1 aromatic carbocycles. The van der Waals surface area contributed by atoms with Gasteiger partial charge in [0, 0.05) is 55.0 Å². The van der Waals surface area contributed by atoms with Crippen LogP contribution in [0.1, 0.15) is 16.1 Å². The van der Waals surface area contributed by atoms with Gasteiger partial charge in [0.15, 0.2) is 0 Å². The smallest absolute Gasteiger partial charge is 0.254 e. The molecule has 4 rings (SSSR count). The molecule has 124 valence electrons. The van der Waals surface area contributed by atoms with Gasteiger partial charge in [-0.3, -0.25) is 9.48 Å². The lowest BCUT2D eigenvalue weighted by Crippen LogP contribution is -2.35. The molecular weight excluding hydrogens is 304 g/mol. The molecule has 6 nitrogen and oxygen atoms in total. The molecule has 1 aliphatic heterocycles. The van der Waals surface area contributed by atoms with E-state index in [4.69, 9.17) is 4.74 Å². The van der Waals surface area contributed by atoms with Crippen molar-refractivity contribution in [1.29, 1.82) is 0 Å². The van der Waals surface area contributed by atoms with Crippen molar-refractivity contribution in [3.8, 4) is 0 Å². The summed E-state index contributed by atoms with van der Waals surface area (Å²) in [7, 11) is 1.70. The normalized spacial score (nSPS) is 17.7. The predicted molar refractivity (Wildman–Crippen MR) is 90.6 cm³/mol. The van der Waals surface area contributed by atoms with Gasteiger partial charge in [-0.1, -0.05) is 0 Å². The Morgan fingerprint density at radius 2 is 2.25 bits per heavy atom. The van der Waals surface area contributed by atoms with Gasteiger partial charge >= 0.3 is 0 Å². The number of hydrogen-bond acceptors (Lipinski definition) is 3. The van der Waals surface area contributed by atoms with E-state index in [9.17, 15) is 4.79 Å². The molecule has 2 aromatic heterocycles. The first-order valence-corrected chi connectivity index (χ1v) is 8.10. The Labute approximate surface area is 140 Å². The zero-order valence-corrected chi connectivity index (χ0v) is 13.6. The molecule has 0 spiro atoms. The summed E-state index contributed by atoms with van der Waals surface area (Å²) in [5.74, 6) is 0.282. The van der Waals surface area contributed by atoms with Crippen LogP contribution in [0.2, 0.25) is 0 Å². The fourth-order valence-electron chi connectivity index (χ4n) is 3.40. The molecule has 6 heteroatoms. The number of fused-ring (bicyclic) bond motifs is 2. The van der Waals surface area contributed by atoms with Crippen LogP contribution in [-0.4, -0.2) is 45.8 Å². The Kier molecular flexibility index (Phi) is 3.82. The number of hydrogen-bond donors (Lipinski definition) is 1. The molecule has 1 amide bonds. The summed E-state index contributed by atoms with van der Waals surface area (Å²) in [6.45, 7) is 2.63. The fourth-order valence-corrected chi connectivity index (χ4v) is 3.40. The van der Waals surface area contributed by atoms with Crippen LogP contribution in [0.3, 0.4) is 0 Å². The van der Waals surface area contributed by atoms with Crippen LogP contribution in [0.5, 0.6) is 0 Å². The minimum absolute atomic E-state index is 0.0499. The van der Waals surface area contributed by atoms with Crippen molar-refractivity contribution in [2.24, 2.45) is 5.92 Å². The summed E-state index contributed by atoms with van der Waals surface area (Å²) < 4.78 is 7.30. The highest BCUT2D eigenvalue weighted by Gasteiger charge is 2.26. The monoisotopic (exact) mass is 324 g/mol. The van der Waals surface area contributed by atoms with Crippen molar-refractivity contribution in [2.45, 2.75) is 13.1 Å². The van der Waals surface area contributed by atoms with Gasteiger partial charge in [0.25, 0.3) is 5.91 Å². The molecular formula is C18H20N4O2. The van der Waals surface area contributed by atoms with Gasteiger partial charge < -0.3 is 14.6 Å². The topological polar surface area (TPSA) is 63.1 Å². The lowest BCUT2D eigenvalue weighted by atomic mass is 10.1. The predicted octanol–water partition coefficient (Wildman–Crippen LogP) is 2.28. The third-order valence-electron chi connectivity index (χ3n) is 4.56. The van der Waals surface area contributed by atoms with E-state index in [1.807, 2.05) is 46.1 Å². The first kappa shape index (κ1) is 15.0. The highest BCUT2D eigenvalue weighted by molar-refractivity contribution is 5.98. The van der Waals surface area contributed by atoms with Crippen molar-refractivity contribution in [3.05, 3.63) is 54.0 Å². The number of aromatic amines is 1. The molecule has 1 atom stereocenters. The summed E-state index contributed by atoms with van der Waals surface area (Å²) in [5, 5.41) is 5.42. The maximum absolute atomic E-state index is 13.0. The number of amides is 1. The van der Waals surface area contributed by atoms with Gasteiger partial charge in [0.2, 0.25) is 0 Å². The number of carbonyl (C=O) groups excluding carboxylic acids is 1. The zero-order chi connectivity index (χ0) is 16.5. The van der Waals surface area contributed by atoms with Crippen molar-refractivity contribution in [3.63, 3.8) is 0 Å². The maximum atomic E-state index is 13.0. The second-order valence-electron chi connectivity index (χ2n) is 6.29. The van der Waals surface area contributed by atoms with E-state index in [1.54, 1.807) is 13.3 Å². The Bertz CT molecular complexity index is 867. The average Bonchev–Trinajstić information content (AvgIpc) is 3.19. The van der Waals surface area contributed by atoms with Crippen molar-refractivity contribution in [2.75, 3.05) is 20.3 Å². The molecule has 0 bridgehead atoms. The summed E-state index contributed by atoms with van der Waals surface area (Å²) >= 11 is 0. The molecule has 1 unspecified atom stereocenters. The van der Waals surface area contributed by atoms with Crippen molar-refractivity contribution < 1.29 is 9.53 Å². The highest BCUT2D eigenvalue weighted by Crippen LogP contribution is 2.20. The average molecular weight is 324 g/mol. The largest absolute Gasteiger partial charge is 0.384 e. The SMILES string of the molecule is COCC1CN(C(=O)c2ccc3[nH]ccc3c2)Cc2ccnn2C1. The second-order valence-corrected chi connectivity index (χ2v) is 6.29.